The number of hydrogen-bond donors (Lipinski definition) is 1. The zero-order chi connectivity index (χ0) is 17.3. The molecule has 0 radical (unpaired) electrons. The standard InChI is InChI=1S/C16H16FN3O4/c17-12-3-1-10(2-4-12)7-11-8-13(21)20(15(11)23)9-14(22)19-6-5-18-16(19)24/h1-4,11H,5-9H2,(H,18,24)/t11-/m1/s1. The fourth-order valence-corrected chi connectivity index (χ4v) is 2.91. The van der Waals surface area contributed by atoms with Gasteiger partial charge in [-0.15, -0.1) is 0 Å². The molecule has 2 fully saturated rings. The first kappa shape index (κ1) is 16.1. The van der Waals surface area contributed by atoms with E-state index < -0.39 is 36.2 Å². The fraction of sp³-hybridized carbons (Fsp3) is 0.375. The van der Waals surface area contributed by atoms with Crippen molar-refractivity contribution in [2.45, 2.75) is 12.8 Å². The number of nitrogens with zero attached hydrogens (tertiary/aromatic N) is 2. The molecular formula is C16H16FN3O4. The van der Waals surface area contributed by atoms with Crippen LogP contribution in [0.2, 0.25) is 0 Å². The van der Waals surface area contributed by atoms with Crippen molar-refractivity contribution in [3.8, 4) is 0 Å². The Hall–Kier alpha value is -2.77. The van der Waals surface area contributed by atoms with Gasteiger partial charge in [0.1, 0.15) is 12.4 Å². The summed E-state index contributed by atoms with van der Waals surface area (Å²) in [5.74, 6) is -2.38. The largest absolute Gasteiger partial charge is 0.336 e. The quantitative estimate of drug-likeness (QED) is 0.803. The number of nitrogens with one attached hydrogen (secondary N) is 1. The Morgan fingerprint density at radius 3 is 2.54 bits per heavy atom. The second kappa shape index (κ2) is 6.38. The summed E-state index contributed by atoms with van der Waals surface area (Å²) in [6.07, 6.45) is 0.315. The average molecular weight is 333 g/mol. The molecule has 0 bridgehead atoms. The number of benzene rings is 1. The molecule has 0 spiro atoms. The normalized spacial score (nSPS) is 20.7. The van der Waals surface area contributed by atoms with Gasteiger partial charge in [0.25, 0.3) is 5.91 Å². The number of carbonyl (C=O) groups is 4. The number of hydrogen-bond acceptors (Lipinski definition) is 4. The number of likely N-dealkylation sites (tertiary alicyclic amines) is 1. The van der Waals surface area contributed by atoms with Gasteiger partial charge >= 0.3 is 6.03 Å². The summed E-state index contributed by atoms with van der Waals surface area (Å²) in [5, 5.41) is 2.49. The monoisotopic (exact) mass is 333 g/mol. The van der Waals surface area contributed by atoms with Gasteiger partial charge in [0.05, 0.1) is 5.92 Å². The number of imide groups is 2. The fourth-order valence-electron chi connectivity index (χ4n) is 2.91. The van der Waals surface area contributed by atoms with Crippen LogP contribution in [0.25, 0.3) is 0 Å². The maximum atomic E-state index is 12.9. The third kappa shape index (κ3) is 3.12. The van der Waals surface area contributed by atoms with Gasteiger partial charge in [-0.3, -0.25) is 24.2 Å². The third-order valence-electron chi connectivity index (χ3n) is 4.18. The van der Waals surface area contributed by atoms with E-state index in [2.05, 4.69) is 5.32 Å². The van der Waals surface area contributed by atoms with E-state index in [1.54, 1.807) is 12.1 Å². The van der Waals surface area contributed by atoms with Crippen LogP contribution in [0, 0.1) is 11.7 Å². The van der Waals surface area contributed by atoms with Gasteiger partial charge in [-0.2, -0.15) is 0 Å². The molecule has 8 heteroatoms. The third-order valence-corrected chi connectivity index (χ3v) is 4.18. The molecule has 1 N–H and O–H groups in total. The maximum absolute atomic E-state index is 12.9. The summed E-state index contributed by atoms with van der Waals surface area (Å²) in [6, 6.07) is 5.21. The molecule has 2 heterocycles. The molecule has 2 aliphatic rings. The van der Waals surface area contributed by atoms with Crippen LogP contribution in [0.3, 0.4) is 0 Å². The van der Waals surface area contributed by atoms with Crippen molar-refractivity contribution in [2.24, 2.45) is 5.92 Å². The van der Waals surface area contributed by atoms with Crippen molar-refractivity contribution in [3.63, 3.8) is 0 Å². The molecule has 0 aromatic heterocycles. The summed E-state index contributed by atoms with van der Waals surface area (Å²) in [5.41, 5.74) is 0.745. The van der Waals surface area contributed by atoms with E-state index in [0.717, 1.165) is 15.4 Å². The van der Waals surface area contributed by atoms with Crippen molar-refractivity contribution >= 4 is 23.8 Å². The Bertz CT molecular complexity index is 704. The average Bonchev–Trinajstić information content (AvgIpc) is 3.08. The molecular weight excluding hydrogens is 317 g/mol. The zero-order valence-electron chi connectivity index (χ0n) is 12.8. The molecule has 0 saturated carbocycles. The van der Waals surface area contributed by atoms with E-state index in [1.165, 1.54) is 12.1 Å². The highest BCUT2D eigenvalue weighted by atomic mass is 19.1. The molecule has 2 saturated heterocycles. The highest BCUT2D eigenvalue weighted by Gasteiger charge is 2.40. The van der Waals surface area contributed by atoms with E-state index in [1.807, 2.05) is 0 Å². The van der Waals surface area contributed by atoms with Gasteiger partial charge < -0.3 is 5.32 Å². The molecule has 1 aromatic rings. The molecule has 0 unspecified atom stereocenters. The van der Waals surface area contributed by atoms with Crippen molar-refractivity contribution in [1.82, 2.24) is 15.1 Å². The summed E-state index contributed by atoms with van der Waals surface area (Å²) in [6.45, 7) is 0.164. The Kier molecular flexibility index (Phi) is 4.28. The van der Waals surface area contributed by atoms with Crippen LogP contribution in [0.5, 0.6) is 0 Å². The van der Waals surface area contributed by atoms with Gasteiger partial charge in [-0.25, -0.2) is 9.18 Å². The topological polar surface area (TPSA) is 86.8 Å². The van der Waals surface area contributed by atoms with Crippen LogP contribution < -0.4 is 5.32 Å². The molecule has 3 rings (SSSR count). The lowest BCUT2D eigenvalue weighted by Crippen LogP contribution is -2.44. The van der Waals surface area contributed by atoms with Gasteiger partial charge in [0.2, 0.25) is 11.8 Å². The van der Waals surface area contributed by atoms with E-state index in [9.17, 15) is 23.6 Å². The van der Waals surface area contributed by atoms with Crippen LogP contribution in [0.15, 0.2) is 24.3 Å². The molecule has 2 aliphatic heterocycles. The number of urea groups is 1. The maximum Gasteiger partial charge on any atom is 0.324 e. The Morgan fingerprint density at radius 2 is 1.92 bits per heavy atom. The molecule has 5 amide bonds. The summed E-state index contributed by atoms with van der Waals surface area (Å²) in [4.78, 5) is 49.9. The molecule has 1 aromatic carbocycles. The Morgan fingerprint density at radius 1 is 1.21 bits per heavy atom. The van der Waals surface area contributed by atoms with Gasteiger partial charge in [0, 0.05) is 19.5 Å². The first-order chi connectivity index (χ1) is 11.5. The van der Waals surface area contributed by atoms with Crippen molar-refractivity contribution < 1.29 is 23.6 Å². The van der Waals surface area contributed by atoms with Gasteiger partial charge in [-0.1, -0.05) is 12.1 Å². The second-order valence-corrected chi connectivity index (χ2v) is 5.83. The molecule has 126 valence electrons. The predicted octanol–water partition coefficient (Wildman–Crippen LogP) is 0.295. The first-order valence-corrected chi connectivity index (χ1v) is 7.62. The number of amides is 5. The first-order valence-electron chi connectivity index (χ1n) is 7.62. The molecule has 1 atom stereocenters. The minimum atomic E-state index is -0.575. The number of carbonyl (C=O) groups excluding carboxylic acids is 4. The van der Waals surface area contributed by atoms with Crippen LogP contribution in [-0.2, 0) is 20.8 Å². The number of rotatable bonds is 4. The smallest absolute Gasteiger partial charge is 0.324 e. The predicted molar refractivity (Wildman–Crippen MR) is 80.0 cm³/mol. The van der Waals surface area contributed by atoms with E-state index in [0.29, 0.717) is 13.0 Å². The van der Waals surface area contributed by atoms with E-state index in [-0.39, 0.29) is 18.8 Å². The summed E-state index contributed by atoms with van der Waals surface area (Å²) >= 11 is 0. The van der Waals surface area contributed by atoms with E-state index >= 15 is 0 Å². The van der Waals surface area contributed by atoms with Gasteiger partial charge in [0.15, 0.2) is 0 Å². The molecule has 0 aliphatic carbocycles. The highest BCUT2D eigenvalue weighted by molar-refractivity contribution is 6.07. The van der Waals surface area contributed by atoms with Gasteiger partial charge in [-0.05, 0) is 24.1 Å². The minimum absolute atomic E-state index is 0.00961. The second-order valence-electron chi connectivity index (χ2n) is 5.83. The lowest BCUT2D eigenvalue weighted by Gasteiger charge is -2.18. The Balaban J connectivity index is 1.64. The zero-order valence-corrected chi connectivity index (χ0v) is 12.8. The molecule has 7 nitrogen and oxygen atoms in total. The van der Waals surface area contributed by atoms with Crippen LogP contribution in [0.4, 0.5) is 9.18 Å². The summed E-state index contributed by atoms with van der Waals surface area (Å²) in [7, 11) is 0. The Labute approximate surface area is 137 Å². The van der Waals surface area contributed by atoms with Crippen molar-refractivity contribution in [3.05, 3.63) is 35.6 Å². The number of halogens is 1. The van der Waals surface area contributed by atoms with Crippen LogP contribution in [0.1, 0.15) is 12.0 Å². The molecule has 24 heavy (non-hydrogen) atoms. The van der Waals surface area contributed by atoms with E-state index in [4.69, 9.17) is 0 Å². The summed E-state index contributed by atoms with van der Waals surface area (Å²) < 4.78 is 12.9. The minimum Gasteiger partial charge on any atom is -0.336 e. The highest BCUT2D eigenvalue weighted by Crippen LogP contribution is 2.24. The van der Waals surface area contributed by atoms with Crippen LogP contribution >= 0.6 is 0 Å². The van der Waals surface area contributed by atoms with Crippen LogP contribution in [-0.4, -0.2) is 53.2 Å². The van der Waals surface area contributed by atoms with Crippen molar-refractivity contribution in [1.29, 1.82) is 0 Å². The lowest BCUT2D eigenvalue weighted by atomic mass is 9.98. The SMILES string of the molecule is O=C(CN1C(=O)C[C@@H](Cc2ccc(F)cc2)C1=O)N1CCNC1=O. The van der Waals surface area contributed by atoms with Crippen molar-refractivity contribution in [2.75, 3.05) is 19.6 Å². The lowest BCUT2D eigenvalue weighted by molar-refractivity contribution is -0.145.